The quantitative estimate of drug-likeness (QED) is 0.754. The maximum atomic E-state index is 12.8. The van der Waals surface area contributed by atoms with Crippen molar-refractivity contribution in [3.8, 4) is 0 Å². The first-order valence-electron chi connectivity index (χ1n) is 7.60. The van der Waals surface area contributed by atoms with Gasteiger partial charge in [-0.15, -0.1) is 0 Å². The summed E-state index contributed by atoms with van der Waals surface area (Å²) < 4.78 is 28.9. The molecule has 1 aromatic carbocycles. The molecule has 8 heteroatoms. The van der Waals surface area contributed by atoms with Crippen molar-refractivity contribution in [1.82, 2.24) is 14.1 Å². The van der Waals surface area contributed by atoms with Gasteiger partial charge in [0.2, 0.25) is 10.0 Å². The van der Waals surface area contributed by atoms with Gasteiger partial charge in [0.25, 0.3) is 5.91 Å². The second-order valence-corrected chi connectivity index (χ2v) is 8.11. The Morgan fingerprint density at radius 3 is 2.42 bits per heavy atom. The normalized spacial score (nSPS) is 11.9. The fraction of sp³-hybridized carbons (Fsp3) is 0.375. The van der Waals surface area contributed by atoms with Gasteiger partial charge < -0.3 is 0 Å². The number of carbonyl (C=O) groups excluding carboxylic acids is 1. The smallest absolute Gasteiger partial charge is 0.267 e. The van der Waals surface area contributed by atoms with Gasteiger partial charge in [-0.25, -0.2) is 8.42 Å². The van der Waals surface area contributed by atoms with Crippen LogP contribution in [-0.4, -0.2) is 41.5 Å². The number of hydrogen-bond donors (Lipinski definition) is 0. The summed E-state index contributed by atoms with van der Waals surface area (Å²) in [4.78, 5) is 12.8. The highest BCUT2D eigenvalue weighted by atomic mass is 79.9. The van der Waals surface area contributed by atoms with Crippen molar-refractivity contribution in [2.75, 3.05) is 13.1 Å². The fourth-order valence-corrected chi connectivity index (χ4v) is 4.85. The van der Waals surface area contributed by atoms with Gasteiger partial charge in [-0.05, 0) is 32.0 Å². The van der Waals surface area contributed by atoms with Gasteiger partial charge in [-0.1, -0.05) is 35.8 Å². The molecule has 0 aliphatic carbocycles. The van der Waals surface area contributed by atoms with Crippen LogP contribution in [0.5, 0.6) is 0 Å². The van der Waals surface area contributed by atoms with Gasteiger partial charge in [-0.2, -0.15) is 14.1 Å². The number of halogens is 1. The molecule has 0 fully saturated rings. The highest BCUT2D eigenvalue weighted by Gasteiger charge is 2.30. The summed E-state index contributed by atoms with van der Waals surface area (Å²) in [5.41, 5.74) is 1.08. The monoisotopic (exact) mass is 413 g/mol. The van der Waals surface area contributed by atoms with E-state index in [4.69, 9.17) is 0 Å². The van der Waals surface area contributed by atoms with Crippen LogP contribution in [0.2, 0.25) is 0 Å². The second-order valence-electron chi connectivity index (χ2n) is 5.32. The van der Waals surface area contributed by atoms with Crippen LogP contribution in [0.25, 0.3) is 0 Å². The van der Waals surface area contributed by atoms with E-state index in [-0.39, 0.29) is 10.8 Å². The van der Waals surface area contributed by atoms with Crippen LogP contribution >= 0.6 is 15.9 Å². The summed E-state index contributed by atoms with van der Waals surface area (Å²) >= 11 is 3.33. The third-order valence-electron chi connectivity index (χ3n) is 3.79. The number of hydrogen-bond acceptors (Lipinski definition) is 4. The van der Waals surface area contributed by atoms with E-state index in [1.807, 2.05) is 6.07 Å². The van der Waals surface area contributed by atoms with E-state index < -0.39 is 10.0 Å². The molecule has 1 heterocycles. The van der Waals surface area contributed by atoms with Crippen molar-refractivity contribution in [3.63, 3.8) is 0 Å². The molecule has 0 radical (unpaired) electrons. The van der Waals surface area contributed by atoms with E-state index >= 15 is 0 Å². The van der Waals surface area contributed by atoms with Gasteiger partial charge >= 0.3 is 0 Å². The Morgan fingerprint density at radius 1 is 1.25 bits per heavy atom. The van der Waals surface area contributed by atoms with E-state index in [0.29, 0.717) is 30.0 Å². The zero-order chi connectivity index (χ0) is 18.1. The van der Waals surface area contributed by atoms with Crippen LogP contribution in [0, 0.1) is 13.8 Å². The average Bonchev–Trinajstić information content (AvgIpc) is 2.82. The molecule has 0 N–H and O–H groups in total. The van der Waals surface area contributed by atoms with Gasteiger partial charge in [-0.3, -0.25) is 4.79 Å². The zero-order valence-corrected chi connectivity index (χ0v) is 16.5. The maximum Gasteiger partial charge on any atom is 0.278 e. The van der Waals surface area contributed by atoms with Crippen molar-refractivity contribution >= 4 is 31.9 Å². The molecule has 2 rings (SSSR count). The Balaban J connectivity index is 2.56. The lowest BCUT2D eigenvalue weighted by molar-refractivity contribution is 0.0942. The van der Waals surface area contributed by atoms with Crippen LogP contribution in [0.3, 0.4) is 0 Å². The Bertz CT molecular complexity index is 871. The summed E-state index contributed by atoms with van der Waals surface area (Å²) in [5, 5.41) is 4.18. The molecule has 0 aliphatic heterocycles. The van der Waals surface area contributed by atoms with Gasteiger partial charge in [0.1, 0.15) is 4.90 Å². The van der Waals surface area contributed by atoms with E-state index in [1.54, 1.807) is 45.9 Å². The number of rotatable bonds is 5. The first-order valence-corrected chi connectivity index (χ1v) is 9.84. The number of nitrogens with zero attached hydrogens (tertiary/aromatic N) is 3. The molecule has 24 heavy (non-hydrogen) atoms. The molecule has 0 amide bonds. The number of benzene rings is 1. The third kappa shape index (κ3) is 3.31. The highest BCUT2D eigenvalue weighted by Crippen LogP contribution is 2.24. The molecule has 0 unspecified atom stereocenters. The topological polar surface area (TPSA) is 72.3 Å². The van der Waals surface area contributed by atoms with Crippen molar-refractivity contribution in [3.05, 3.63) is 45.7 Å². The fourth-order valence-electron chi connectivity index (χ4n) is 2.64. The molecule has 0 saturated heterocycles. The Kier molecular flexibility index (Phi) is 5.62. The van der Waals surface area contributed by atoms with Crippen LogP contribution in [-0.2, 0) is 10.0 Å². The first kappa shape index (κ1) is 18.8. The van der Waals surface area contributed by atoms with E-state index in [9.17, 15) is 13.2 Å². The van der Waals surface area contributed by atoms with Crippen molar-refractivity contribution in [2.24, 2.45) is 0 Å². The van der Waals surface area contributed by atoms with E-state index in [2.05, 4.69) is 21.0 Å². The summed E-state index contributed by atoms with van der Waals surface area (Å²) in [6, 6.07) is 6.91. The zero-order valence-electron chi connectivity index (χ0n) is 14.1. The van der Waals surface area contributed by atoms with Gasteiger partial charge in [0, 0.05) is 23.1 Å². The molecule has 0 bridgehead atoms. The number of aromatic nitrogens is 2. The first-order chi connectivity index (χ1) is 11.2. The van der Waals surface area contributed by atoms with E-state index in [0.717, 1.165) is 9.15 Å². The second kappa shape index (κ2) is 7.16. The number of aryl methyl sites for hydroxylation is 1. The number of sulfonamides is 1. The van der Waals surface area contributed by atoms with Crippen molar-refractivity contribution in [1.29, 1.82) is 0 Å². The number of carbonyl (C=O) groups is 1. The van der Waals surface area contributed by atoms with Crippen LogP contribution in [0.15, 0.2) is 33.6 Å². The predicted molar refractivity (Wildman–Crippen MR) is 95.7 cm³/mol. The third-order valence-corrected chi connectivity index (χ3v) is 6.59. The van der Waals surface area contributed by atoms with Crippen LogP contribution in [0.4, 0.5) is 0 Å². The summed E-state index contributed by atoms with van der Waals surface area (Å²) in [6.07, 6.45) is 0. The Labute approximate surface area is 150 Å². The Hall–Kier alpha value is -1.51. The lowest BCUT2D eigenvalue weighted by Crippen LogP contribution is -2.31. The van der Waals surface area contributed by atoms with Crippen molar-refractivity contribution in [2.45, 2.75) is 32.6 Å². The highest BCUT2D eigenvalue weighted by molar-refractivity contribution is 9.10. The summed E-state index contributed by atoms with van der Waals surface area (Å²) in [6.45, 7) is 7.50. The average molecular weight is 414 g/mol. The molecule has 1 aromatic heterocycles. The summed E-state index contributed by atoms with van der Waals surface area (Å²) in [7, 11) is -3.68. The van der Waals surface area contributed by atoms with Gasteiger partial charge in [0.05, 0.1) is 11.4 Å². The molecule has 0 saturated carbocycles. The van der Waals surface area contributed by atoms with Crippen LogP contribution in [0.1, 0.15) is 35.6 Å². The predicted octanol–water partition coefficient (Wildman–Crippen LogP) is 2.98. The Morgan fingerprint density at radius 2 is 1.88 bits per heavy atom. The largest absolute Gasteiger partial charge is 0.278 e. The summed E-state index contributed by atoms with van der Waals surface area (Å²) in [5.74, 6) is -0.363. The molecule has 0 atom stereocenters. The minimum atomic E-state index is -3.68. The lowest BCUT2D eigenvalue weighted by atomic mass is 10.2. The minimum absolute atomic E-state index is 0.106. The minimum Gasteiger partial charge on any atom is -0.267 e. The molecular weight excluding hydrogens is 394 g/mol. The molecule has 6 nitrogen and oxygen atoms in total. The molecule has 130 valence electrons. The lowest BCUT2D eigenvalue weighted by Gasteiger charge is -2.18. The van der Waals surface area contributed by atoms with Crippen molar-refractivity contribution < 1.29 is 13.2 Å². The standard InChI is InChI=1S/C16H20BrN3O3S/c1-5-19(6-2)24(22,23)15-11(3)18-20(12(15)4)16(21)13-8-7-9-14(17)10-13/h7-10H,5-6H2,1-4H3. The maximum absolute atomic E-state index is 12.8. The SMILES string of the molecule is CCN(CC)S(=O)(=O)c1c(C)nn(C(=O)c2cccc(Br)c2)c1C. The molecule has 0 spiro atoms. The molecule has 2 aromatic rings. The van der Waals surface area contributed by atoms with Crippen LogP contribution < -0.4 is 0 Å². The molecular formula is C16H20BrN3O3S. The van der Waals surface area contributed by atoms with Gasteiger partial charge in [0.15, 0.2) is 0 Å². The van der Waals surface area contributed by atoms with E-state index in [1.165, 1.54) is 4.31 Å². The molecule has 0 aliphatic rings.